The van der Waals surface area contributed by atoms with Crippen LogP contribution in [0.2, 0.25) is 0 Å². The van der Waals surface area contributed by atoms with Gasteiger partial charge >= 0.3 is 0 Å². The molecule has 3 aromatic rings. The Morgan fingerprint density at radius 2 is 2.05 bits per heavy atom. The predicted molar refractivity (Wildman–Crippen MR) is 74.8 cm³/mol. The normalized spacial score (nSPS) is 10.8. The first-order chi connectivity index (χ1) is 9.26. The smallest absolute Gasteiger partial charge is 0.300 e. The minimum atomic E-state index is 0.182. The van der Waals surface area contributed by atoms with E-state index in [0.717, 1.165) is 12.1 Å². The highest BCUT2D eigenvalue weighted by molar-refractivity contribution is 5.77. The monoisotopic (exact) mass is 254 g/mol. The van der Waals surface area contributed by atoms with Crippen LogP contribution in [-0.2, 0) is 6.42 Å². The van der Waals surface area contributed by atoms with E-state index in [1.165, 1.54) is 5.56 Å². The fraction of sp³-hybridized carbons (Fsp3) is 0.133. The average Bonchev–Trinajstić information content (AvgIpc) is 2.80. The van der Waals surface area contributed by atoms with Crippen LogP contribution in [0.1, 0.15) is 12.5 Å². The first kappa shape index (κ1) is 11.6. The molecule has 0 aliphatic carbocycles. The van der Waals surface area contributed by atoms with Gasteiger partial charge in [-0.2, -0.15) is 4.98 Å². The Hall–Kier alpha value is -2.49. The molecule has 1 aromatic heterocycles. The van der Waals surface area contributed by atoms with Crippen LogP contribution in [0.25, 0.3) is 11.1 Å². The molecular formula is C15H14N2O2. The van der Waals surface area contributed by atoms with E-state index in [-0.39, 0.29) is 5.75 Å². The lowest BCUT2D eigenvalue weighted by Crippen LogP contribution is -1.94. The average molecular weight is 254 g/mol. The highest BCUT2D eigenvalue weighted by atomic mass is 16.4. The number of phenols is 1. The molecule has 0 unspecified atom stereocenters. The topological polar surface area (TPSA) is 58.3 Å². The summed E-state index contributed by atoms with van der Waals surface area (Å²) < 4.78 is 5.59. The summed E-state index contributed by atoms with van der Waals surface area (Å²) >= 11 is 0. The van der Waals surface area contributed by atoms with Crippen molar-refractivity contribution in [3.63, 3.8) is 0 Å². The van der Waals surface area contributed by atoms with Gasteiger partial charge in [0, 0.05) is 11.8 Å². The van der Waals surface area contributed by atoms with Crippen molar-refractivity contribution in [2.24, 2.45) is 0 Å². The van der Waals surface area contributed by atoms with Gasteiger partial charge in [0.2, 0.25) is 0 Å². The summed E-state index contributed by atoms with van der Waals surface area (Å²) in [6.07, 6.45) is 0.935. The number of oxazole rings is 1. The molecule has 2 aromatic carbocycles. The molecule has 4 nitrogen and oxygen atoms in total. The summed E-state index contributed by atoms with van der Waals surface area (Å²) in [6, 6.07) is 13.3. The maximum absolute atomic E-state index is 9.41. The maximum atomic E-state index is 9.41. The Bertz CT molecular complexity index is 719. The summed E-state index contributed by atoms with van der Waals surface area (Å²) in [4.78, 5) is 4.31. The Kier molecular flexibility index (Phi) is 2.83. The van der Waals surface area contributed by atoms with Crippen molar-refractivity contribution in [1.29, 1.82) is 0 Å². The number of phenolic OH excluding ortho intramolecular Hbond substituents is 1. The van der Waals surface area contributed by atoms with Crippen molar-refractivity contribution >= 4 is 22.8 Å². The van der Waals surface area contributed by atoms with E-state index >= 15 is 0 Å². The van der Waals surface area contributed by atoms with Crippen molar-refractivity contribution in [2.75, 3.05) is 5.32 Å². The largest absolute Gasteiger partial charge is 0.508 e. The van der Waals surface area contributed by atoms with Gasteiger partial charge in [0.1, 0.15) is 11.3 Å². The molecule has 96 valence electrons. The number of rotatable bonds is 3. The number of anilines is 2. The number of aromatic hydroxyl groups is 1. The van der Waals surface area contributed by atoms with Gasteiger partial charge in [0.15, 0.2) is 5.58 Å². The third kappa shape index (κ3) is 2.25. The molecule has 19 heavy (non-hydrogen) atoms. The molecular weight excluding hydrogens is 240 g/mol. The van der Waals surface area contributed by atoms with Crippen LogP contribution in [0, 0.1) is 0 Å². The Balaban J connectivity index is 1.96. The second-order valence-corrected chi connectivity index (χ2v) is 4.31. The molecule has 0 bridgehead atoms. The van der Waals surface area contributed by atoms with Crippen LogP contribution < -0.4 is 5.32 Å². The molecule has 0 atom stereocenters. The molecule has 0 aliphatic heterocycles. The molecule has 0 saturated carbocycles. The van der Waals surface area contributed by atoms with Crippen molar-refractivity contribution in [2.45, 2.75) is 13.3 Å². The second kappa shape index (κ2) is 4.65. The Morgan fingerprint density at radius 1 is 1.21 bits per heavy atom. The van der Waals surface area contributed by atoms with Gasteiger partial charge in [-0.3, -0.25) is 0 Å². The molecule has 4 heteroatoms. The maximum Gasteiger partial charge on any atom is 0.300 e. The number of hydrogen-bond donors (Lipinski definition) is 2. The number of aromatic nitrogens is 1. The fourth-order valence-corrected chi connectivity index (χ4v) is 2.04. The van der Waals surface area contributed by atoms with E-state index in [9.17, 15) is 5.11 Å². The Morgan fingerprint density at radius 3 is 2.89 bits per heavy atom. The van der Waals surface area contributed by atoms with E-state index in [1.807, 2.05) is 18.2 Å². The summed E-state index contributed by atoms with van der Waals surface area (Å²) in [7, 11) is 0. The lowest BCUT2D eigenvalue weighted by molar-refractivity contribution is 0.476. The molecule has 1 heterocycles. The fourth-order valence-electron chi connectivity index (χ4n) is 2.04. The summed E-state index contributed by atoms with van der Waals surface area (Å²) in [5.41, 5.74) is 3.47. The van der Waals surface area contributed by atoms with Gasteiger partial charge in [-0.25, -0.2) is 0 Å². The van der Waals surface area contributed by atoms with Gasteiger partial charge in [0.05, 0.1) is 0 Å². The number of fused-ring (bicyclic) bond motifs is 1. The molecule has 0 saturated heterocycles. The zero-order valence-corrected chi connectivity index (χ0v) is 10.6. The Labute approximate surface area is 110 Å². The molecule has 3 rings (SSSR count). The number of aryl methyl sites for hydroxylation is 1. The number of nitrogens with one attached hydrogen (secondary N) is 1. The van der Waals surface area contributed by atoms with Crippen LogP contribution in [0.3, 0.4) is 0 Å². The van der Waals surface area contributed by atoms with Crippen LogP contribution >= 0.6 is 0 Å². The van der Waals surface area contributed by atoms with E-state index in [1.54, 1.807) is 18.2 Å². The van der Waals surface area contributed by atoms with Crippen molar-refractivity contribution in [3.8, 4) is 5.75 Å². The van der Waals surface area contributed by atoms with Gasteiger partial charge < -0.3 is 14.8 Å². The number of benzene rings is 2. The number of nitrogens with zero attached hydrogens (tertiary/aromatic N) is 1. The zero-order chi connectivity index (χ0) is 13.2. The van der Waals surface area contributed by atoms with Gasteiger partial charge in [-0.15, -0.1) is 0 Å². The number of para-hydroxylation sites is 1. The van der Waals surface area contributed by atoms with E-state index in [2.05, 4.69) is 23.3 Å². The standard InChI is InChI=1S/C15H14N2O2/c1-2-10-5-3-4-6-12(10)16-15-17-13-9-11(18)7-8-14(13)19-15/h3-9,18H,2H2,1H3,(H,16,17). The third-order valence-electron chi connectivity index (χ3n) is 3.01. The van der Waals surface area contributed by atoms with Gasteiger partial charge in [-0.1, -0.05) is 25.1 Å². The third-order valence-corrected chi connectivity index (χ3v) is 3.01. The quantitative estimate of drug-likeness (QED) is 0.745. The first-order valence-electron chi connectivity index (χ1n) is 6.21. The molecule has 0 fully saturated rings. The minimum absolute atomic E-state index is 0.182. The van der Waals surface area contributed by atoms with Gasteiger partial charge in [-0.05, 0) is 30.2 Å². The molecule has 0 radical (unpaired) electrons. The highest BCUT2D eigenvalue weighted by Gasteiger charge is 2.08. The molecule has 0 amide bonds. The molecule has 0 spiro atoms. The summed E-state index contributed by atoms with van der Waals surface area (Å²) in [5, 5.41) is 12.6. The summed E-state index contributed by atoms with van der Waals surface area (Å²) in [5.74, 6) is 0.182. The lowest BCUT2D eigenvalue weighted by Gasteiger charge is -2.06. The second-order valence-electron chi connectivity index (χ2n) is 4.31. The van der Waals surface area contributed by atoms with Gasteiger partial charge in [0.25, 0.3) is 6.01 Å². The van der Waals surface area contributed by atoms with E-state index in [0.29, 0.717) is 17.1 Å². The lowest BCUT2D eigenvalue weighted by atomic mass is 10.1. The minimum Gasteiger partial charge on any atom is -0.508 e. The van der Waals surface area contributed by atoms with Crippen LogP contribution in [-0.4, -0.2) is 10.1 Å². The van der Waals surface area contributed by atoms with Crippen LogP contribution in [0.5, 0.6) is 5.75 Å². The summed E-state index contributed by atoms with van der Waals surface area (Å²) in [6.45, 7) is 2.10. The number of hydrogen-bond acceptors (Lipinski definition) is 4. The predicted octanol–water partition coefficient (Wildman–Crippen LogP) is 3.84. The van der Waals surface area contributed by atoms with E-state index < -0.39 is 0 Å². The van der Waals surface area contributed by atoms with Crippen molar-refractivity contribution < 1.29 is 9.52 Å². The van der Waals surface area contributed by atoms with Crippen LogP contribution in [0.15, 0.2) is 46.9 Å². The van der Waals surface area contributed by atoms with Crippen molar-refractivity contribution in [3.05, 3.63) is 48.0 Å². The van der Waals surface area contributed by atoms with E-state index in [4.69, 9.17) is 4.42 Å². The molecule has 2 N–H and O–H groups in total. The first-order valence-corrected chi connectivity index (χ1v) is 6.21. The zero-order valence-electron chi connectivity index (χ0n) is 10.6. The van der Waals surface area contributed by atoms with Crippen molar-refractivity contribution in [1.82, 2.24) is 4.98 Å². The highest BCUT2D eigenvalue weighted by Crippen LogP contribution is 2.26. The van der Waals surface area contributed by atoms with Crippen LogP contribution in [0.4, 0.5) is 11.7 Å². The molecule has 0 aliphatic rings. The SMILES string of the molecule is CCc1ccccc1Nc1nc2cc(O)ccc2o1.